The molecular weight excluding hydrogens is 183 g/mol. The zero-order valence-corrected chi connectivity index (χ0v) is 8.46. The molecule has 2 nitrogen and oxygen atoms in total. The molecular formula is C11H15FO2. The Balaban J connectivity index is 2.58. The summed E-state index contributed by atoms with van der Waals surface area (Å²) < 4.78 is 17.1. The van der Waals surface area contributed by atoms with E-state index in [0.29, 0.717) is 5.75 Å². The van der Waals surface area contributed by atoms with Crippen molar-refractivity contribution in [3.8, 4) is 5.75 Å². The number of ether oxygens (including phenoxy) is 1. The van der Waals surface area contributed by atoms with Crippen molar-refractivity contribution in [2.24, 2.45) is 0 Å². The van der Waals surface area contributed by atoms with Crippen LogP contribution in [0.2, 0.25) is 0 Å². The molecule has 0 radical (unpaired) electrons. The average Bonchev–Trinajstić information content (AvgIpc) is 2.12. The number of halogens is 1. The Morgan fingerprint density at radius 1 is 1.29 bits per heavy atom. The largest absolute Gasteiger partial charge is 0.491 e. The van der Waals surface area contributed by atoms with Crippen LogP contribution in [0.1, 0.15) is 11.1 Å². The first kappa shape index (κ1) is 11.0. The van der Waals surface area contributed by atoms with E-state index in [1.807, 2.05) is 32.0 Å². The molecule has 0 bridgehead atoms. The lowest BCUT2D eigenvalue weighted by molar-refractivity contribution is 0.0841. The van der Waals surface area contributed by atoms with Gasteiger partial charge in [-0.2, -0.15) is 0 Å². The summed E-state index contributed by atoms with van der Waals surface area (Å²) >= 11 is 0. The zero-order chi connectivity index (χ0) is 10.6. The molecule has 0 spiro atoms. The maximum Gasteiger partial charge on any atom is 0.119 e. The van der Waals surface area contributed by atoms with Crippen LogP contribution in [-0.2, 0) is 0 Å². The molecule has 0 fully saturated rings. The van der Waals surface area contributed by atoms with Crippen LogP contribution in [0.15, 0.2) is 18.2 Å². The lowest BCUT2D eigenvalue weighted by Crippen LogP contribution is -2.19. The Bertz CT molecular complexity index is 279. The summed E-state index contributed by atoms with van der Waals surface area (Å²) in [4.78, 5) is 0. The number of alkyl halides is 1. The molecule has 0 saturated carbocycles. The highest BCUT2D eigenvalue weighted by Gasteiger charge is 2.04. The van der Waals surface area contributed by atoms with Gasteiger partial charge in [0, 0.05) is 0 Å². The fourth-order valence-corrected chi connectivity index (χ4v) is 1.25. The molecule has 78 valence electrons. The van der Waals surface area contributed by atoms with Gasteiger partial charge in [-0.25, -0.2) is 4.39 Å². The van der Waals surface area contributed by atoms with E-state index in [4.69, 9.17) is 9.84 Å². The summed E-state index contributed by atoms with van der Waals surface area (Å²) in [5, 5.41) is 8.96. The summed E-state index contributed by atoms with van der Waals surface area (Å²) in [6.45, 7) is 3.15. The van der Waals surface area contributed by atoms with Crippen LogP contribution in [-0.4, -0.2) is 24.5 Å². The third kappa shape index (κ3) is 3.34. The minimum absolute atomic E-state index is 0.000602. The second kappa shape index (κ2) is 4.96. The molecule has 1 N–H and O–H groups in total. The molecule has 1 rings (SSSR count). The fourth-order valence-electron chi connectivity index (χ4n) is 1.25. The third-order valence-corrected chi connectivity index (χ3v) is 1.82. The molecule has 14 heavy (non-hydrogen) atoms. The predicted molar refractivity (Wildman–Crippen MR) is 53.4 cm³/mol. The second-order valence-corrected chi connectivity index (χ2v) is 3.44. The summed E-state index contributed by atoms with van der Waals surface area (Å²) in [5.41, 5.74) is 2.18. The smallest absolute Gasteiger partial charge is 0.119 e. The Morgan fingerprint density at radius 3 is 2.36 bits per heavy atom. The fraction of sp³-hybridized carbons (Fsp3) is 0.455. The number of hydrogen-bond acceptors (Lipinski definition) is 2. The number of aryl methyl sites for hydroxylation is 2. The molecule has 0 saturated heterocycles. The molecule has 0 aliphatic heterocycles. The molecule has 1 unspecified atom stereocenters. The van der Waals surface area contributed by atoms with Crippen molar-refractivity contribution in [1.29, 1.82) is 0 Å². The summed E-state index contributed by atoms with van der Waals surface area (Å²) in [5.74, 6) is 0.676. The zero-order valence-electron chi connectivity index (χ0n) is 8.46. The van der Waals surface area contributed by atoms with E-state index in [0.717, 1.165) is 11.1 Å². The van der Waals surface area contributed by atoms with Gasteiger partial charge in [-0.1, -0.05) is 6.07 Å². The van der Waals surface area contributed by atoms with E-state index in [2.05, 4.69) is 0 Å². The van der Waals surface area contributed by atoms with Gasteiger partial charge in [0.05, 0.1) is 0 Å². The van der Waals surface area contributed by atoms with E-state index in [1.54, 1.807) is 0 Å². The monoisotopic (exact) mass is 198 g/mol. The Hall–Kier alpha value is -1.09. The summed E-state index contributed by atoms with van der Waals surface area (Å²) in [7, 11) is 0. The molecule has 3 heteroatoms. The Morgan fingerprint density at radius 2 is 1.86 bits per heavy atom. The minimum Gasteiger partial charge on any atom is -0.491 e. The van der Waals surface area contributed by atoms with Crippen molar-refractivity contribution in [2.45, 2.75) is 20.0 Å². The molecule has 1 aromatic rings. The maximum atomic E-state index is 11.9. The van der Waals surface area contributed by atoms with Gasteiger partial charge in [-0.05, 0) is 37.1 Å². The van der Waals surface area contributed by atoms with Gasteiger partial charge < -0.3 is 9.84 Å². The van der Waals surface area contributed by atoms with E-state index in [-0.39, 0.29) is 6.61 Å². The van der Waals surface area contributed by atoms with Gasteiger partial charge >= 0.3 is 0 Å². The molecule has 0 amide bonds. The third-order valence-electron chi connectivity index (χ3n) is 1.82. The molecule has 0 aromatic heterocycles. The average molecular weight is 198 g/mol. The van der Waals surface area contributed by atoms with Gasteiger partial charge in [0.1, 0.15) is 25.1 Å². The minimum atomic E-state index is -1.03. The van der Waals surface area contributed by atoms with Crippen LogP contribution >= 0.6 is 0 Å². The second-order valence-electron chi connectivity index (χ2n) is 3.44. The van der Waals surface area contributed by atoms with Crippen LogP contribution in [0.3, 0.4) is 0 Å². The van der Waals surface area contributed by atoms with E-state index in [1.165, 1.54) is 0 Å². The molecule has 0 aliphatic rings. The highest BCUT2D eigenvalue weighted by molar-refractivity contribution is 5.32. The number of aliphatic hydroxyl groups excluding tert-OH is 1. The quantitative estimate of drug-likeness (QED) is 0.802. The van der Waals surface area contributed by atoms with Crippen molar-refractivity contribution >= 4 is 0 Å². The highest BCUT2D eigenvalue weighted by atomic mass is 19.1. The number of rotatable bonds is 4. The summed E-state index contributed by atoms with van der Waals surface area (Å²) in [6.07, 6.45) is -1.03. The van der Waals surface area contributed by atoms with Crippen molar-refractivity contribution in [1.82, 2.24) is 0 Å². The SMILES string of the molecule is Cc1cc(C)cc(OCC(O)CF)c1. The number of hydrogen-bond donors (Lipinski definition) is 1. The van der Waals surface area contributed by atoms with Crippen molar-refractivity contribution in [3.05, 3.63) is 29.3 Å². The van der Waals surface area contributed by atoms with Crippen LogP contribution in [0.4, 0.5) is 4.39 Å². The normalized spacial score (nSPS) is 12.6. The van der Waals surface area contributed by atoms with E-state index < -0.39 is 12.8 Å². The Labute approximate surface area is 83.3 Å². The Kier molecular flexibility index (Phi) is 3.89. The first-order valence-corrected chi connectivity index (χ1v) is 4.57. The van der Waals surface area contributed by atoms with E-state index >= 15 is 0 Å². The first-order chi connectivity index (χ1) is 6.61. The van der Waals surface area contributed by atoms with Crippen LogP contribution in [0, 0.1) is 13.8 Å². The summed E-state index contributed by atoms with van der Waals surface area (Å²) in [6, 6.07) is 5.74. The van der Waals surface area contributed by atoms with Crippen molar-refractivity contribution in [3.63, 3.8) is 0 Å². The van der Waals surface area contributed by atoms with Gasteiger partial charge in [-0.15, -0.1) is 0 Å². The van der Waals surface area contributed by atoms with Gasteiger partial charge in [0.25, 0.3) is 0 Å². The van der Waals surface area contributed by atoms with Gasteiger partial charge in [0.15, 0.2) is 0 Å². The topological polar surface area (TPSA) is 29.5 Å². The van der Waals surface area contributed by atoms with Gasteiger partial charge in [0.2, 0.25) is 0 Å². The number of aliphatic hydroxyl groups is 1. The highest BCUT2D eigenvalue weighted by Crippen LogP contribution is 2.16. The van der Waals surface area contributed by atoms with Crippen LogP contribution in [0.5, 0.6) is 5.75 Å². The van der Waals surface area contributed by atoms with Crippen LogP contribution < -0.4 is 4.74 Å². The molecule has 0 aliphatic carbocycles. The van der Waals surface area contributed by atoms with Gasteiger partial charge in [-0.3, -0.25) is 0 Å². The molecule has 0 heterocycles. The van der Waals surface area contributed by atoms with Crippen molar-refractivity contribution in [2.75, 3.05) is 13.3 Å². The lowest BCUT2D eigenvalue weighted by Gasteiger charge is -2.10. The van der Waals surface area contributed by atoms with Crippen LogP contribution in [0.25, 0.3) is 0 Å². The van der Waals surface area contributed by atoms with E-state index in [9.17, 15) is 4.39 Å². The predicted octanol–water partition coefficient (Wildman–Crippen LogP) is 2.01. The number of benzene rings is 1. The molecule has 1 atom stereocenters. The first-order valence-electron chi connectivity index (χ1n) is 4.57. The lowest BCUT2D eigenvalue weighted by atomic mass is 10.1. The standard InChI is InChI=1S/C11H15FO2/c1-8-3-9(2)5-11(4-8)14-7-10(13)6-12/h3-5,10,13H,6-7H2,1-2H3. The molecule has 1 aromatic carbocycles. The van der Waals surface area contributed by atoms with Crippen molar-refractivity contribution < 1.29 is 14.2 Å². The maximum absolute atomic E-state index is 11.9.